The van der Waals surface area contributed by atoms with Crippen LogP contribution in [0.15, 0.2) is 48.5 Å². The molecule has 138 valence electrons. The van der Waals surface area contributed by atoms with Crippen molar-refractivity contribution in [3.63, 3.8) is 0 Å². The highest BCUT2D eigenvalue weighted by atomic mass is 16.2. The molecular weight excluding hydrogens is 342 g/mol. The highest BCUT2D eigenvalue weighted by Gasteiger charge is 2.08. The fourth-order valence-corrected chi connectivity index (χ4v) is 2.56. The number of nitrogens with one attached hydrogen (secondary N) is 3. The van der Waals surface area contributed by atoms with E-state index in [1.165, 1.54) is 0 Å². The monoisotopic (exact) mass is 363 g/mol. The first-order valence-corrected chi connectivity index (χ1v) is 8.71. The predicted molar refractivity (Wildman–Crippen MR) is 107 cm³/mol. The van der Waals surface area contributed by atoms with Crippen LogP contribution in [0.3, 0.4) is 0 Å². The number of hydrogen-bond donors (Lipinski definition) is 3. The van der Waals surface area contributed by atoms with E-state index in [1.807, 2.05) is 42.5 Å². The van der Waals surface area contributed by atoms with Crippen LogP contribution in [-0.4, -0.2) is 28.3 Å². The number of carbonyl (C=O) groups is 2. The summed E-state index contributed by atoms with van der Waals surface area (Å²) in [6.07, 6.45) is 0.455. The minimum Gasteiger partial charge on any atom is -0.363 e. The van der Waals surface area contributed by atoms with Crippen LogP contribution in [0.25, 0.3) is 10.8 Å². The number of carbonyl (C=O) groups excluding carboxylic acids is 2. The fourth-order valence-electron chi connectivity index (χ4n) is 2.56. The SMILES string of the molecule is CCC(=O)CNc1cc(C)nc(NC(=O)Nc2ccc3ccccc3c2)n1. The first-order chi connectivity index (χ1) is 13.0. The lowest BCUT2D eigenvalue weighted by Crippen LogP contribution is -2.21. The molecule has 27 heavy (non-hydrogen) atoms. The maximum atomic E-state index is 12.3. The van der Waals surface area contributed by atoms with Crippen LogP contribution in [0, 0.1) is 6.92 Å². The Balaban J connectivity index is 1.67. The maximum absolute atomic E-state index is 12.3. The van der Waals surface area contributed by atoms with Gasteiger partial charge in [-0.25, -0.2) is 9.78 Å². The molecule has 0 radical (unpaired) electrons. The summed E-state index contributed by atoms with van der Waals surface area (Å²) >= 11 is 0. The molecule has 3 rings (SSSR count). The van der Waals surface area contributed by atoms with Gasteiger partial charge in [0.15, 0.2) is 5.78 Å². The van der Waals surface area contributed by atoms with Crippen LogP contribution >= 0.6 is 0 Å². The first-order valence-electron chi connectivity index (χ1n) is 8.71. The van der Waals surface area contributed by atoms with E-state index in [1.54, 1.807) is 19.9 Å². The number of amides is 2. The van der Waals surface area contributed by atoms with Gasteiger partial charge in [-0.2, -0.15) is 4.98 Å². The van der Waals surface area contributed by atoms with Crippen molar-refractivity contribution in [2.75, 3.05) is 22.5 Å². The Morgan fingerprint density at radius 2 is 1.74 bits per heavy atom. The number of aryl methyl sites for hydroxylation is 1. The molecular formula is C20H21N5O2. The standard InChI is InChI=1S/C20H21N5O2/c1-3-17(26)12-21-18-10-13(2)22-19(24-18)25-20(27)23-16-9-8-14-6-4-5-7-15(14)11-16/h4-11H,3,12H2,1-2H3,(H3,21,22,23,24,25,27). The first kappa shape index (κ1) is 18.3. The second-order valence-electron chi connectivity index (χ2n) is 6.11. The Kier molecular flexibility index (Phi) is 5.61. The Bertz CT molecular complexity index is 987. The van der Waals surface area contributed by atoms with Gasteiger partial charge in [0.05, 0.1) is 6.54 Å². The summed E-state index contributed by atoms with van der Waals surface area (Å²) in [5, 5.41) is 10.5. The summed E-state index contributed by atoms with van der Waals surface area (Å²) in [4.78, 5) is 32.1. The molecule has 0 aliphatic carbocycles. The van der Waals surface area contributed by atoms with Crippen LogP contribution in [0.4, 0.5) is 22.2 Å². The summed E-state index contributed by atoms with van der Waals surface area (Å²) in [5.74, 6) is 0.736. The molecule has 7 nitrogen and oxygen atoms in total. The topological polar surface area (TPSA) is 96.0 Å². The van der Waals surface area contributed by atoms with Crippen molar-refractivity contribution in [2.24, 2.45) is 0 Å². The highest BCUT2D eigenvalue weighted by Crippen LogP contribution is 2.19. The van der Waals surface area contributed by atoms with E-state index in [4.69, 9.17) is 0 Å². The average molecular weight is 363 g/mol. The smallest absolute Gasteiger partial charge is 0.326 e. The van der Waals surface area contributed by atoms with Crippen molar-refractivity contribution in [2.45, 2.75) is 20.3 Å². The molecule has 1 aromatic heterocycles. The number of benzene rings is 2. The lowest BCUT2D eigenvalue weighted by Gasteiger charge is -2.10. The quantitative estimate of drug-likeness (QED) is 0.616. The molecule has 0 spiro atoms. The van der Waals surface area contributed by atoms with E-state index < -0.39 is 6.03 Å². The van der Waals surface area contributed by atoms with E-state index in [0.717, 1.165) is 10.8 Å². The van der Waals surface area contributed by atoms with E-state index in [-0.39, 0.29) is 18.3 Å². The summed E-state index contributed by atoms with van der Waals surface area (Å²) in [6.45, 7) is 3.79. The summed E-state index contributed by atoms with van der Waals surface area (Å²) in [5.41, 5.74) is 1.35. The van der Waals surface area contributed by atoms with Gasteiger partial charge >= 0.3 is 6.03 Å². The second kappa shape index (κ2) is 8.27. The third kappa shape index (κ3) is 5.01. The minimum absolute atomic E-state index is 0.0785. The zero-order valence-corrected chi connectivity index (χ0v) is 15.2. The number of hydrogen-bond acceptors (Lipinski definition) is 5. The van der Waals surface area contributed by atoms with Gasteiger partial charge in [-0.3, -0.25) is 10.1 Å². The molecule has 0 aliphatic heterocycles. The number of fused-ring (bicyclic) bond motifs is 1. The third-order valence-corrected chi connectivity index (χ3v) is 3.95. The molecule has 0 bridgehead atoms. The van der Waals surface area contributed by atoms with Gasteiger partial charge in [-0.15, -0.1) is 0 Å². The van der Waals surface area contributed by atoms with Gasteiger partial charge < -0.3 is 10.6 Å². The molecule has 0 aliphatic rings. The normalized spacial score (nSPS) is 10.4. The molecule has 2 amide bonds. The highest BCUT2D eigenvalue weighted by molar-refractivity contribution is 6.00. The van der Waals surface area contributed by atoms with Gasteiger partial charge in [-0.1, -0.05) is 37.3 Å². The lowest BCUT2D eigenvalue weighted by molar-refractivity contribution is -0.117. The van der Waals surface area contributed by atoms with Crippen molar-refractivity contribution in [3.05, 3.63) is 54.2 Å². The van der Waals surface area contributed by atoms with Crippen molar-refractivity contribution < 1.29 is 9.59 Å². The Morgan fingerprint density at radius 3 is 2.52 bits per heavy atom. The van der Waals surface area contributed by atoms with Gasteiger partial charge in [0.1, 0.15) is 5.82 Å². The fraction of sp³-hybridized carbons (Fsp3) is 0.200. The second-order valence-corrected chi connectivity index (χ2v) is 6.11. The van der Waals surface area contributed by atoms with E-state index in [9.17, 15) is 9.59 Å². The summed E-state index contributed by atoms with van der Waals surface area (Å²) < 4.78 is 0. The summed E-state index contributed by atoms with van der Waals surface area (Å²) in [6, 6.07) is 14.9. The molecule has 7 heteroatoms. The number of rotatable bonds is 6. The van der Waals surface area contributed by atoms with E-state index in [2.05, 4.69) is 25.9 Å². The molecule has 1 heterocycles. The van der Waals surface area contributed by atoms with Gasteiger partial charge in [-0.05, 0) is 29.8 Å². The Hall–Kier alpha value is -3.48. The van der Waals surface area contributed by atoms with E-state index in [0.29, 0.717) is 23.6 Å². The van der Waals surface area contributed by atoms with Gasteiger partial charge in [0, 0.05) is 23.9 Å². The van der Waals surface area contributed by atoms with E-state index >= 15 is 0 Å². The number of nitrogens with zero attached hydrogens (tertiary/aromatic N) is 2. The summed E-state index contributed by atoms with van der Waals surface area (Å²) in [7, 11) is 0. The van der Waals surface area contributed by atoms with Crippen molar-refractivity contribution in [3.8, 4) is 0 Å². The molecule has 0 saturated carbocycles. The van der Waals surface area contributed by atoms with Crippen LogP contribution in [-0.2, 0) is 4.79 Å². The minimum atomic E-state index is -0.438. The Morgan fingerprint density at radius 1 is 0.963 bits per heavy atom. The number of Topliss-reactive ketones (excluding diaryl/α,β-unsaturated/α-hetero) is 1. The van der Waals surface area contributed by atoms with Crippen LogP contribution in [0.1, 0.15) is 19.0 Å². The molecule has 3 aromatic rings. The number of urea groups is 1. The molecule has 2 aromatic carbocycles. The molecule has 3 N–H and O–H groups in total. The zero-order valence-electron chi connectivity index (χ0n) is 15.2. The largest absolute Gasteiger partial charge is 0.363 e. The predicted octanol–water partition coefficient (Wildman–Crippen LogP) is 3.97. The van der Waals surface area contributed by atoms with Crippen molar-refractivity contribution in [1.82, 2.24) is 9.97 Å². The maximum Gasteiger partial charge on any atom is 0.326 e. The third-order valence-electron chi connectivity index (χ3n) is 3.95. The molecule has 0 atom stereocenters. The zero-order chi connectivity index (χ0) is 19.2. The number of anilines is 3. The molecule has 0 fully saturated rings. The number of ketones is 1. The van der Waals surface area contributed by atoms with Crippen molar-refractivity contribution in [1.29, 1.82) is 0 Å². The molecule has 0 saturated heterocycles. The van der Waals surface area contributed by atoms with Gasteiger partial charge in [0.2, 0.25) is 5.95 Å². The molecule has 0 unspecified atom stereocenters. The Labute approximate surface area is 157 Å². The number of aromatic nitrogens is 2. The van der Waals surface area contributed by atoms with Gasteiger partial charge in [0.25, 0.3) is 0 Å². The van der Waals surface area contributed by atoms with Crippen molar-refractivity contribution >= 4 is 40.0 Å². The average Bonchev–Trinajstić information content (AvgIpc) is 2.65. The van der Waals surface area contributed by atoms with Crippen LogP contribution < -0.4 is 16.0 Å². The van der Waals surface area contributed by atoms with Crippen LogP contribution in [0.2, 0.25) is 0 Å². The van der Waals surface area contributed by atoms with Crippen LogP contribution in [0.5, 0.6) is 0 Å². The lowest BCUT2D eigenvalue weighted by atomic mass is 10.1.